The molecule has 5 bridgehead atoms. The summed E-state index contributed by atoms with van der Waals surface area (Å²) in [7, 11) is 3.03. The second-order valence-electron chi connectivity index (χ2n) is 15.7. The minimum atomic E-state index is -2.03. The summed E-state index contributed by atoms with van der Waals surface area (Å²) < 4.78 is 29.8. The topological polar surface area (TPSA) is 214 Å². The van der Waals surface area contributed by atoms with E-state index < -0.39 is 95.5 Å². The number of fused-ring (bicyclic) bond motifs is 14. The Kier molecular flexibility index (Phi) is 15.4. The summed E-state index contributed by atoms with van der Waals surface area (Å²) in [6.45, 7) is 16.9. The zero-order chi connectivity index (χ0) is 45.0. The third-order valence-electron chi connectivity index (χ3n) is 11.7. The van der Waals surface area contributed by atoms with Crippen LogP contribution in [0.25, 0.3) is 10.8 Å². The van der Waals surface area contributed by atoms with Crippen LogP contribution in [0.5, 0.6) is 23.0 Å². The summed E-state index contributed by atoms with van der Waals surface area (Å²) in [5.41, 5.74) is -0.0401. The molecule has 0 unspecified atom stereocenters. The van der Waals surface area contributed by atoms with Crippen molar-refractivity contribution in [3.63, 3.8) is 0 Å². The van der Waals surface area contributed by atoms with Crippen molar-refractivity contribution in [1.82, 2.24) is 10.0 Å². The average molecular weight is 840 g/mol. The number of rotatable bonds is 8. The van der Waals surface area contributed by atoms with Crippen LogP contribution in [0.1, 0.15) is 78.2 Å². The number of nitrogens with zero attached hydrogens (tertiary/aromatic N) is 2. The molecule has 0 fully saturated rings. The van der Waals surface area contributed by atoms with Gasteiger partial charge in [0.15, 0.2) is 12.4 Å². The lowest BCUT2D eigenvalue weighted by Gasteiger charge is -2.38. The van der Waals surface area contributed by atoms with Gasteiger partial charge in [-0.2, -0.15) is 0 Å². The van der Waals surface area contributed by atoms with Crippen molar-refractivity contribution in [3.8, 4) is 23.0 Å². The first-order chi connectivity index (χ1) is 28.1. The van der Waals surface area contributed by atoms with Gasteiger partial charge in [-0.3, -0.25) is 24.2 Å². The first-order valence-electron chi connectivity index (χ1n) is 20.2. The zero-order valence-electron chi connectivity index (χ0n) is 36.6. The van der Waals surface area contributed by atoms with Gasteiger partial charge in [-0.25, -0.2) is 5.01 Å². The van der Waals surface area contributed by atoms with Crippen molar-refractivity contribution < 1.29 is 63.3 Å². The number of hydrogen-bond donors (Lipinski definition) is 5. The third-order valence-corrected chi connectivity index (χ3v) is 11.7. The normalized spacial score (nSPS) is 29.6. The molecule has 3 aliphatic rings. The number of carbonyl (C=O) groups excluding carboxylic acids is 4. The predicted octanol–water partition coefficient (Wildman–Crippen LogP) is 5.14. The maximum Gasteiger partial charge on any atom is 0.312 e. The number of Topliss-reactive ketones (excluding diaryl/α,β-unsaturated/α-hetero) is 1. The number of esters is 1. The Morgan fingerprint density at radius 3 is 2.20 bits per heavy atom. The molecule has 0 saturated heterocycles. The summed E-state index contributed by atoms with van der Waals surface area (Å²) in [5.74, 6) is -8.18. The molecular weight excluding hydrogens is 778 g/mol. The van der Waals surface area contributed by atoms with Gasteiger partial charge in [0.05, 0.1) is 41.2 Å². The van der Waals surface area contributed by atoms with Gasteiger partial charge in [0.1, 0.15) is 23.4 Å². The Bertz CT molecular complexity index is 2040. The highest BCUT2D eigenvalue weighted by Crippen LogP contribution is 2.54. The first-order valence-corrected chi connectivity index (χ1v) is 20.2. The van der Waals surface area contributed by atoms with E-state index in [1.54, 1.807) is 51.9 Å². The summed E-state index contributed by atoms with van der Waals surface area (Å²) in [6.07, 6.45) is 3.57. The van der Waals surface area contributed by atoms with Gasteiger partial charge in [0.25, 0.3) is 17.6 Å². The number of carbonyl (C=O) groups is 4. The Balaban J connectivity index is 1.94. The van der Waals surface area contributed by atoms with Crippen LogP contribution in [0, 0.1) is 30.6 Å². The van der Waals surface area contributed by atoms with Gasteiger partial charge in [0, 0.05) is 87.4 Å². The molecule has 0 aromatic heterocycles. The molecular formula is C44H61N3O13. The lowest BCUT2D eigenvalue weighted by molar-refractivity contribution is -0.160. The summed E-state index contributed by atoms with van der Waals surface area (Å²) >= 11 is 0. The maximum atomic E-state index is 14.5. The Labute approximate surface area is 351 Å². The van der Waals surface area contributed by atoms with E-state index in [1.165, 1.54) is 64.3 Å². The van der Waals surface area contributed by atoms with E-state index in [0.717, 1.165) is 0 Å². The van der Waals surface area contributed by atoms with Gasteiger partial charge in [0.2, 0.25) is 0 Å². The number of aliphatic hydroxyl groups excluding tert-OH is 2. The molecule has 16 heteroatoms. The number of phenols is 2. The Morgan fingerprint density at radius 1 is 0.950 bits per heavy atom. The number of methoxy groups -OCH3 is 1. The van der Waals surface area contributed by atoms with Gasteiger partial charge in [-0.05, 0) is 19.9 Å². The van der Waals surface area contributed by atoms with Crippen LogP contribution < -0.4 is 14.8 Å². The van der Waals surface area contributed by atoms with Crippen LogP contribution in [0.4, 0.5) is 5.69 Å². The molecule has 16 nitrogen and oxygen atoms in total. The van der Waals surface area contributed by atoms with Crippen LogP contribution in [0.3, 0.4) is 0 Å². The SMILES string of the molecule is CCN(CC)N(C)C(=O)COc1cc2c(O)c3c(O)c(C)c4c(c13)C(=O)[C@@](C)(O/C=C/[C@H](OC)[C@H](C)[C@@H](OC(C)=O)[C@@H](C)[C@H](O)[C@H](C)[C@@H](O)[C@@H](C)/C=C/C=C(/C)C(=O)N2)O4. The third kappa shape index (κ3) is 9.57. The molecule has 9 atom stereocenters. The lowest BCUT2D eigenvalue weighted by atomic mass is 9.78. The largest absolute Gasteiger partial charge is 0.507 e. The number of aliphatic hydroxyl groups is 2. The number of phenolic OH excluding ortho intramolecular Hbond substituents is 2. The van der Waals surface area contributed by atoms with E-state index in [2.05, 4.69) is 5.32 Å². The molecule has 0 aliphatic carbocycles. The molecule has 0 saturated carbocycles. The number of amides is 2. The lowest BCUT2D eigenvalue weighted by Crippen LogP contribution is -2.46. The molecule has 2 amide bonds. The summed E-state index contributed by atoms with van der Waals surface area (Å²) in [6, 6.07) is 1.26. The summed E-state index contributed by atoms with van der Waals surface area (Å²) in [4.78, 5) is 53.8. The number of hydrogen-bond acceptors (Lipinski definition) is 14. The van der Waals surface area contributed by atoms with Crippen LogP contribution >= 0.6 is 0 Å². The number of allylic oxidation sites excluding steroid dienone is 2. The van der Waals surface area contributed by atoms with Crippen molar-refractivity contribution in [3.05, 3.63) is 53.3 Å². The molecule has 60 heavy (non-hydrogen) atoms. The molecule has 0 radical (unpaired) electrons. The van der Waals surface area contributed by atoms with E-state index in [-0.39, 0.29) is 44.7 Å². The van der Waals surface area contributed by atoms with Crippen molar-refractivity contribution in [1.29, 1.82) is 0 Å². The van der Waals surface area contributed by atoms with E-state index in [9.17, 15) is 39.6 Å². The summed E-state index contributed by atoms with van der Waals surface area (Å²) in [5, 5.41) is 51.7. The average Bonchev–Trinajstić information content (AvgIpc) is 3.48. The van der Waals surface area contributed by atoms with Crippen LogP contribution in [0.15, 0.2) is 42.2 Å². The number of nitrogens with one attached hydrogen (secondary N) is 1. The number of likely N-dealkylation sites (N-methyl/N-ethyl adjacent to an activating group) is 1. The second-order valence-corrected chi connectivity index (χ2v) is 15.7. The molecule has 5 rings (SSSR count). The minimum absolute atomic E-state index is 0.0652. The van der Waals surface area contributed by atoms with Crippen LogP contribution in [0.2, 0.25) is 0 Å². The molecule has 330 valence electrons. The molecule has 3 aliphatic heterocycles. The number of ketones is 1. The fourth-order valence-electron chi connectivity index (χ4n) is 7.79. The van der Waals surface area contributed by atoms with Crippen molar-refractivity contribution in [2.45, 2.75) is 99.4 Å². The standard InChI is InChI=1S/C44H61N3O13/c1-13-47(14-2)46(11)32(49)21-57-31-20-29-39(53)34-33(31)35-41(27(8)38(34)52)60-44(10,42(35)54)58-19-18-30(56-12)24(5)40(59-28(9)48)26(7)37(51)25(6)36(50)22(3)16-15-17-23(4)43(55)45-29/h15-20,22,24-26,30,36-37,40,50-53H,13-14,21H2,1-12H3,(H,45,55)/b16-15+,19-18+,23-17-/t22-,24-,25+,26-,30-,36-,37+,40+,44-/m0/s1. The minimum Gasteiger partial charge on any atom is -0.507 e. The molecule has 2 aromatic rings. The monoisotopic (exact) mass is 839 g/mol. The van der Waals surface area contributed by atoms with E-state index >= 15 is 0 Å². The highest BCUT2D eigenvalue weighted by atomic mass is 16.7. The number of hydrazine groups is 1. The molecule has 5 N–H and O–H groups in total. The highest BCUT2D eigenvalue weighted by molar-refractivity contribution is 6.21. The van der Waals surface area contributed by atoms with Gasteiger partial charge in [-0.15, -0.1) is 0 Å². The van der Waals surface area contributed by atoms with Crippen LogP contribution in [-0.4, -0.2) is 118 Å². The molecule has 3 heterocycles. The number of ether oxygens (including phenoxy) is 5. The van der Waals surface area contributed by atoms with Crippen molar-refractivity contribution in [2.75, 3.05) is 39.2 Å². The Morgan fingerprint density at radius 2 is 1.60 bits per heavy atom. The fraction of sp³-hybridized carbons (Fsp3) is 0.545. The first kappa shape index (κ1) is 47.5. The predicted molar refractivity (Wildman–Crippen MR) is 223 cm³/mol. The van der Waals surface area contributed by atoms with Gasteiger partial charge in [-0.1, -0.05) is 59.8 Å². The number of anilines is 1. The van der Waals surface area contributed by atoms with Crippen molar-refractivity contribution >= 4 is 40.0 Å². The zero-order valence-corrected chi connectivity index (χ0v) is 36.6. The van der Waals surface area contributed by atoms with Crippen molar-refractivity contribution in [2.24, 2.45) is 23.7 Å². The highest BCUT2D eigenvalue weighted by Gasteiger charge is 2.50. The second kappa shape index (κ2) is 19.5. The van der Waals surface area contributed by atoms with Crippen LogP contribution in [-0.2, 0) is 28.6 Å². The quantitative estimate of drug-likeness (QED) is 0.132. The maximum absolute atomic E-state index is 14.5. The van der Waals surface area contributed by atoms with E-state index in [1.807, 2.05) is 13.8 Å². The van der Waals surface area contributed by atoms with E-state index in [0.29, 0.717) is 13.1 Å². The molecule has 2 aromatic carbocycles. The Hall–Kier alpha value is -5.16. The molecule has 0 spiro atoms. The van der Waals surface area contributed by atoms with Gasteiger partial charge >= 0.3 is 11.8 Å². The van der Waals surface area contributed by atoms with Gasteiger partial charge < -0.3 is 49.4 Å². The van der Waals surface area contributed by atoms with E-state index in [4.69, 9.17) is 23.7 Å². The fourth-order valence-corrected chi connectivity index (χ4v) is 7.79. The smallest absolute Gasteiger partial charge is 0.312 e. The number of benzene rings is 2. The number of aromatic hydroxyl groups is 2.